The Bertz CT molecular complexity index is 650. The number of imidazole rings is 1. The van der Waals surface area contributed by atoms with Crippen molar-refractivity contribution in [2.45, 2.75) is 37.6 Å². The van der Waals surface area contributed by atoms with Crippen molar-refractivity contribution in [1.29, 1.82) is 0 Å². The third-order valence-electron chi connectivity index (χ3n) is 3.86. The molecule has 2 fully saturated rings. The zero-order valence-corrected chi connectivity index (χ0v) is 10.1. The summed E-state index contributed by atoms with van der Waals surface area (Å²) in [6.45, 7) is 0. The fraction of sp³-hybridized carbons (Fsp3) is 0.429. The van der Waals surface area contributed by atoms with Gasteiger partial charge < -0.3 is 10.3 Å². The minimum Gasteiger partial charge on any atom is -0.366 e. The lowest BCUT2D eigenvalue weighted by Gasteiger charge is -2.08. The van der Waals surface area contributed by atoms with E-state index in [0.717, 1.165) is 11.0 Å². The number of amides is 1. The predicted molar refractivity (Wildman–Crippen MR) is 68.5 cm³/mol. The van der Waals surface area contributed by atoms with Crippen LogP contribution in [0.25, 0.3) is 11.0 Å². The number of fused-ring (bicyclic) bond motifs is 1. The number of aromatic nitrogens is 2. The maximum atomic E-state index is 11.6. The van der Waals surface area contributed by atoms with Crippen molar-refractivity contribution in [2.75, 3.05) is 0 Å². The van der Waals surface area contributed by atoms with E-state index in [9.17, 15) is 4.79 Å². The van der Waals surface area contributed by atoms with Crippen molar-refractivity contribution in [3.63, 3.8) is 0 Å². The van der Waals surface area contributed by atoms with E-state index in [0.29, 0.717) is 17.5 Å². The highest BCUT2D eigenvalue weighted by molar-refractivity contribution is 6.04. The number of primary amides is 1. The molecule has 1 heterocycles. The Labute approximate surface area is 105 Å². The first kappa shape index (κ1) is 10.1. The summed E-state index contributed by atoms with van der Waals surface area (Å²) in [5, 5.41) is 0. The number of hydrogen-bond acceptors (Lipinski definition) is 2. The average Bonchev–Trinajstić information content (AvgIpc) is 3.24. The molecule has 0 bridgehead atoms. The molecule has 0 spiro atoms. The Morgan fingerprint density at radius 3 is 2.67 bits per heavy atom. The van der Waals surface area contributed by atoms with Gasteiger partial charge in [0.1, 0.15) is 5.82 Å². The lowest BCUT2D eigenvalue weighted by molar-refractivity contribution is 0.100. The first-order chi connectivity index (χ1) is 8.75. The van der Waals surface area contributed by atoms with E-state index in [1.54, 1.807) is 0 Å². The van der Waals surface area contributed by atoms with E-state index in [2.05, 4.69) is 4.57 Å². The first-order valence-corrected chi connectivity index (χ1v) is 6.56. The molecule has 1 amide bonds. The molecule has 2 saturated carbocycles. The van der Waals surface area contributed by atoms with Gasteiger partial charge in [0.15, 0.2) is 0 Å². The van der Waals surface area contributed by atoms with E-state index >= 15 is 0 Å². The molecule has 1 aromatic carbocycles. The molecule has 0 atom stereocenters. The number of hydrogen-bond donors (Lipinski definition) is 1. The van der Waals surface area contributed by atoms with Gasteiger partial charge in [-0.15, -0.1) is 0 Å². The molecule has 92 valence electrons. The molecular weight excluding hydrogens is 226 g/mol. The van der Waals surface area contributed by atoms with Crippen LogP contribution in [0.1, 0.15) is 53.8 Å². The molecule has 4 nitrogen and oxygen atoms in total. The Morgan fingerprint density at radius 1 is 1.28 bits per heavy atom. The minimum atomic E-state index is -0.357. The Morgan fingerprint density at radius 2 is 2.06 bits per heavy atom. The monoisotopic (exact) mass is 241 g/mol. The number of benzene rings is 1. The molecule has 2 aliphatic carbocycles. The summed E-state index contributed by atoms with van der Waals surface area (Å²) in [6, 6.07) is 6.18. The predicted octanol–water partition coefficient (Wildman–Crippen LogP) is 2.35. The number of carbonyl (C=O) groups excluding carboxylic acids is 1. The second-order valence-electron chi connectivity index (χ2n) is 5.38. The summed E-state index contributed by atoms with van der Waals surface area (Å²) in [6.07, 6.45) is 4.83. The summed E-state index contributed by atoms with van der Waals surface area (Å²) in [5.41, 5.74) is 7.97. The highest BCUT2D eigenvalue weighted by Gasteiger charge is 2.36. The minimum absolute atomic E-state index is 0.357. The summed E-state index contributed by atoms with van der Waals surface area (Å²) in [5.74, 6) is 1.41. The van der Waals surface area contributed by atoms with Crippen molar-refractivity contribution >= 4 is 16.9 Å². The van der Waals surface area contributed by atoms with E-state index in [4.69, 9.17) is 10.7 Å². The molecule has 1 aromatic heterocycles. The molecule has 0 radical (unpaired) electrons. The van der Waals surface area contributed by atoms with Crippen LogP contribution in [-0.4, -0.2) is 15.5 Å². The van der Waals surface area contributed by atoms with Crippen molar-refractivity contribution < 1.29 is 4.79 Å². The van der Waals surface area contributed by atoms with Crippen molar-refractivity contribution in [3.8, 4) is 0 Å². The Kier molecular flexibility index (Phi) is 1.88. The summed E-state index contributed by atoms with van der Waals surface area (Å²) in [4.78, 5) is 16.3. The Balaban J connectivity index is 2.05. The maximum absolute atomic E-state index is 11.6. The van der Waals surface area contributed by atoms with Gasteiger partial charge in [0.2, 0.25) is 0 Å². The fourth-order valence-corrected chi connectivity index (χ4v) is 2.70. The van der Waals surface area contributed by atoms with Crippen molar-refractivity contribution in [1.82, 2.24) is 9.55 Å². The number of carbonyl (C=O) groups is 1. The van der Waals surface area contributed by atoms with E-state index in [1.807, 2.05) is 18.2 Å². The van der Waals surface area contributed by atoms with Crippen LogP contribution in [0.4, 0.5) is 0 Å². The molecular formula is C14H15N3O. The van der Waals surface area contributed by atoms with Gasteiger partial charge in [-0.05, 0) is 37.8 Å². The second kappa shape index (κ2) is 3.34. The lowest BCUT2D eigenvalue weighted by Crippen LogP contribution is -2.13. The molecule has 2 aromatic rings. The van der Waals surface area contributed by atoms with Crippen LogP contribution in [0, 0.1) is 0 Å². The third kappa shape index (κ3) is 1.38. The van der Waals surface area contributed by atoms with Crippen LogP contribution in [0.15, 0.2) is 18.2 Å². The quantitative estimate of drug-likeness (QED) is 0.896. The van der Waals surface area contributed by atoms with Crippen molar-refractivity contribution in [2.24, 2.45) is 5.73 Å². The zero-order valence-electron chi connectivity index (χ0n) is 10.1. The van der Waals surface area contributed by atoms with E-state index in [1.165, 1.54) is 31.5 Å². The summed E-state index contributed by atoms with van der Waals surface area (Å²) >= 11 is 0. The van der Waals surface area contributed by atoms with Gasteiger partial charge in [-0.25, -0.2) is 4.98 Å². The fourth-order valence-electron chi connectivity index (χ4n) is 2.70. The molecule has 0 aliphatic heterocycles. The normalized spacial score (nSPS) is 19.3. The smallest absolute Gasteiger partial charge is 0.250 e. The molecule has 2 aliphatic rings. The number of nitrogens with two attached hydrogens (primary N) is 1. The first-order valence-electron chi connectivity index (χ1n) is 6.56. The second-order valence-corrected chi connectivity index (χ2v) is 5.38. The molecule has 0 unspecified atom stereocenters. The topological polar surface area (TPSA) is 60.9 Å². The third-order valence-corrected chi connectivity index (χ3v) is 3.86. The number of para-hydroxylation sites is 1. The summed E-state index contributed by atoms with van der Waals surface area (Å²) < 4.78 is 2.28. The molecule has 0 saturated heterocycles. The lowest BCUT2D eigenvalue weighted by atomic mass is 10.1. The molecule has 2 N–H and O–H groups in total. The van der Waals surface area contributed by atoms with Gasteiger partial charge in [0.05, 0.1) is 16.6 Å². The average molecular weight is 241 g/mol. The summed E-state index contributed by atoms with van der Waals surface area (Å²) in [7, 11) is 0. The largest absolute Gasteiger partial charge is 0.366 e. The SMILES string of the molecule is NC(=O)c1cccc2nc(C3CC3)n(C3CC3)c12. The Hall–Kier alpha value is -1.84. The van der Waals surface area contributed by atoms with Crippen LogP contribution in [-0.2, 0) is 0 Å². The van der Waals surface area contributed by atoms with Crippen LogP contribution >= 0.6 is 0 Å². The van der Waals surface area contributed by atoms with Crippen LogP contribution < -0.4 is 5.73 Å². The van der Waals surface area contributed by atoms with Gasteiger partial charge >= 0.3 is 0 Å². The van der Waals surface area contributed by atoms with E-state index in [-0.39, 0.29) is 5.91 Å². The molecule has 4 rings (SSSR count). The number of rotatable bonds is 3. The van der Waals surface area contributed by atoms with E-state index < -0.39 is 0 Å². The van der Waals surface area contributed by atoms with Gasteiger partial charge in [-0.1, -0.05) is 6.07 Å². The maximum Gasteiger partial charge on any atom is 0.250 e. The highest BCUT2D eigenvalue weighted by Crippen LogP contribution is 2.46. The molecule has 18 heavy (non-hydrogen) atoms. The van der Waals surface area contributed by atoms with Crippen LogP contribution in [0.2, 0.25) is 0 Å². The zero-order chi connectivity index (χ0) is 12.3. The van der Waals surface area contributed by atoms with Gasteiger partial charge in [-0.3, -0.25) is 4.79 Å². The van der Waals surface area contributed by atoms with Gasteiger partial charge in [0, 0.05) is 12.0 Å². The van der Waals surface area contributed by atoms with Gasteiger partial charge in [-0.2, -0.15) is 0 Å². The number of nitrogens with zero attached hydrogens (tertiary/aromatic N) is 2. The van der Waals surface area contributed by atoms with Gasteiger partial charge in [0.25, 0.3) is 5.91 Å². The van der Waals surface area contributed by atoms with Crippen LogP contribution in [0.3, 0.4) is 0 Å². The van der Waals surface area contributed by atoms with Crippen LogP contribution in [0.5, 0.6) is 0 Å². The molecule has 4 heteroatoms. The standard InChI is InChI=1S/C14H15N3O/c15-13(18)10-2-1-3-11-12(10)17(9-6-7-9)14(16-11)8-4-5-8/h1-3,8-9H,4-7H2,(H2,15,18). The highest BCUT2D eigenvalue weighted by atomic mass is 16.1. The van der Waals surface area contributed by atoms with Crippen molar-refractivity contribution in [3.05, 3.63) is 29.6 Å².